The van der Waals surface area contributed by atoms with Crippen LogP contribution in [-0.4, -0.2) is 30.6 Å². The molecular formula is C21H29NO4. The maximum absolute atomic E-state index is 12.2. The van der Waals surface area contributed by atoms with Crippen LogP contribution in [0, 0.1) is 0 Å². The summed E-state index contributed by atoms with van der Waals surface area (Å²) in [4.78, 5) is 24.3. The van der Waals surface area contributed by atoms with E-state index in [1.54, 1.807) is 13.0 Å². The molecule has 5 nitrogen and oxygen atoms in total. The van der Waals surface area contributed by atoms with Crippen LogP contribution in [0.4, 0.5) is 0 Å². The number of hydrogen-bond donors (Lipinski definition) is 1. The number of hydrogen-bond acceptors (Lipinski definition) is 4. The van der Waals surface area contributed by atoms with Gasteiger partial charge in [0.05, 0.1) is 6.61 Å². The molecule has 1 atom stereocenters. The van der Waals surface area contributed by atoms with E-state index in [0.717, 1.165) is 31.2 Å². The number of amides is 1. The maximum Gasteiger partial charge on any atom is 0.331 e. The summed E-state index contributed by atoms with van der Waals surface area (Å²) in [6, 6.07) is 7.64. The first-order chi connectivity index (χ1) is 12.6. The lowest BCUT2D eigenvalue weighted by Gasteiger charge is -2.19. The number of carbonyl (C=O) groups is 2. The average molecular weight is 359 g/mol. The van der Waals surface area contributed by atoms with E-state index in [2.05, 4.69) is 5.32 Å². The van der Waals surface area contributed by atoms with Crippen molar-refractivity contribution in [2.45, 2.75) is 64.5 Å². The van der Waals surface area contributed by atoms with Crippen LogP contribution in [-0.2, 0) is 14.3 Å². The van der Waals surface area contributed by atoms with Crippen molar-refractivity contribution >= 4 is 18.0 Å². The van der Waals surface area contributed by atoms with E-state index < -0.39 is 12.1 Å². The van der Waals surface area contributed by atoms with E-state index in [9.17, 15) is 9.59 Å². The lowest BCUT2D eigenvalue weighted by atomic mass is 10.1. The predicted octanol–water partition coefficient (Wildman–Crippen LogP) is 3.87. The second-order valence-electron chi connectivity index (χ2n) is 6.58. The van der Waals surface area contributed by atoms with E-state index in [1.807, 2.05) is 31.2 Å². The molecule has 1 aromatic carbocycles. The normalized spacial score (nSPS) is 16.7. The second kappa shape index (κ2) is 10.6. The summed E-state index contributed by atoms with van der Waals surface area (Å²) in [5.74, 6) is -0.0635. The van der Waals surface area contributed by atoms with E-state index in [0.29, 0.717) is 12.4 Å². The number of esters is 1. The van der Waals surface area contributed by atoms with Crippen molar-refractivity contribution in [1.29, 1.82) is 0 Å². The molecule has 1 amide bonds. The van der Waals surface area contributed by atoms with Gasteiger partial charge < -0.3 is 14.8 Å². The Morgan fingerprint density at radius 2 is 1.88 bits per heavy atom. The standard InChI is InChI=1S/C21H29NO4/c1-3-25-19-13-9-8-10-17(19)14-15-20(23)26-16(2)21(24)22-18-11-6-4-5-7-12-18/h8-10,13-16,18H,3-7,11-12H2,1-2H3,(H,22,24)/b15-14+/t16-/m0/s1. The number of benzene rings is 1. The van der Waals surface area contributed by atoms with E-state index >= 15 is 0 Å². The molecule has 1 aliphatic carbocycles. The van der Waals surface area contributed by atoms with Gasteiger partial charge in [-0.15, -0.1) is 0 Å². The summed E-state index contributed by atoms with van der Waals surface area (Å²) in [7, 11) is 0. The summed E-state index contributed by atoms with van der Waals surface area (Å²) in [5.41, 5.74) is 0.793. The van der Waals surface area contributed by atoms with Gasteiger partial charge >= 0.3 is 5.97 Å². The molecule has 0 saturated heterocycles. The molecule has 0 spiro atoms. The van der Waals surface area contributed by atoms with Crippen molar-refractivity contribution in [2.24, 2.45) is 0 Å². The first-order valence-electron chi connectivity index (χ1n) is 9.51. The molecule has 5 heteroatoms. The fourth-order valence-electron chi connectivity index (χ4n) is 3.07. The summed E-state index contributed by atoms with van der Waals surface area (Å²) in [6.07, 6.45) is 8.90. The van der Waals surface area contributed by atoms with Crippen LogP contribution in [0.25, 0.3) is 6.08 Å². The van der Waals surface area contributed by atoms with Crippen LogP contribution in [0.1, 0.15) is 57.9 Å². The van der Waals surface area contributed by atoms with Crippen LogP contribution in [0.15, 0.2) is 30.3 Å². The highest BCUT2D eigenvalue weighted by molar-refractivity contribution is 5.90. The van der Waals surface area contributed by atoms with Crippen molar-refractivity contribution in [3.05, 3.63) is 35.9 Å². The van der Waals surface area contributed by atoms with Crippen molar-refractivity contribution in [2.75, 3.05) is 6.61 Å². The van der Waals surface area contributed by atoms with Gasteiger partial charge in [0.15, 0.2) is 6.10 Å². The largest absolute Gasteiger partial charge is 0.493 e. The highest BCUT2D eigenvalue weighted by Gasteiger charge is 2.21. The molecular weight excluding hydrogens is 330 g/mol. The van der Waals surface area contributed by atoms with Gasteiger partial charge in [0, 0.05) is 17.7 Å². The molecule has 0 aromatic heterocycles. The molecule has 2 rings (SSSR count). The number of rotatable bonds is 7. The Morgan fingerprint density at radius 3 is 2.58 bits per heavy atom. The van der Waals surface area contributed by atoms with E-state index in [4.69, 9.17) is 9.47 Å². The third-order valence-electron chi connectivity index (χ3n) is 4.48. The first-order valence-corrected chi connectivity index (χ1v) is 9.51. The van der Waals surface area contributed by atoms with Crippen LogP contribution < -0.4 is 10.1 Å². The predicted molar refractivity (Wildman–Crippen MR) is 102 cm³/mol. The number of carbonyl (C=O) groups excluding carboxylic acids is 2. The summed E-state index contributed by atoms with van der Waals surface area (Å²) < 4.78 is 10.7. The van der Waals surface area contributed by atoms with Gasteiger partial charge in [0.25, 0.3) is 5.91 Å². The van der Waals surface area contributed by atoms with Gasteiger partial charge in [-0.1, -0.05) is 43.9 Å². The van der Waals surface area contributed by atoms with E-state index in [1.165, 1.54) is 18.9 Å². The van der Waals surface area contributed by atoms with Crippen LogP contribution in [0.2, 0.25) is 0 Å². The van der Waals surface area contributed by atoms with Gasteiger partial charge in [0.2, 0.25) is 0 Å². The van der Waals surface area contributed by atoms with Gasteiger partial charge in [-0.3, -0.25) is 4.79 Å². The molecule has 0 radical (unpaired) electrons. The van der Waals surface area contributed by atoms with Crippen molar-refractivity contribution in [1.82, 2.24) is 5.32 Å². The van der Waals surface area contributed by atoms with Gasteiger partial charge in [0.1, 0.15) is 5.75 Å². The van der Waals surface area contributed by atoms with Gasteiger partial charge in [-0.2, -0.15) is 0 Å². The van der Waals surface area contributed by atoms with Gasteiger partial charge in [-0.05, 0) is 38.8 Å². The Balaban J connectivity index is 1.85. The fraction of sp³-hybridized carbons (Fsp3) is 0.524. The smallest absolute Gasteiger partial charge is 0.331 e. The maximum atomic E-state index is 12.2. The Kier molecular flexibility index (Phi) is 8.19. The number of ether oxygens (including phenoxy) is 2. The summed E-state index contributed by atoms with van der Waals surface area (Å²) in [6.45, 7) is 4.06. The molecule has 26 heavy (non-hydrogen) atoms. The zero-order chi connectivity index (χ0) is 18.8. The lowest BCUT2D eigenvalue weighted by molar-refractivity contribution is -0.150. The molecule has 142 valence electrons. The van der Waals surface area contributed by atoms with E-state index in [-0.39, 0.29) is 11.9 Å². The molecule has 0 aliphatic heterocycles. The molecule has 1 aromatic rings. The third-order valence-corrected chi connectivity index (χ3v) is 4.48. The van der Waals surface area contributed by atoms with Crippen LogP contribution in [0.5, 0.6) is 5.75 Å². The molecule has 1 N–H and O–H groups in total. The number of para-hydroxylation sites is 1. The minimum atomic E-state index is -0.808. The average Bonchev–Trinajstić information content (AvgIpc) is 2.90. The second-order valence-corrected chi connectivity index (χ2v) is 6.58. The topological polar surface area (TPSA) is 64.6 Å². The zero-order valence-corrected chi connectivity index (χ0v) is 15.7. The van der Waals surface area contributed by atoms with Crippen LogP contribution in [0.3, 0.4) is 0 Å². The summed E-state index contributed by atoms with van der Waals surface area (Å²) in [5, 5.41) is 3.00. The molecule has 1 fully saturated rings. The molecule has 1 aliphatic rings. The SMILES string of the molecule is CCOc1ccccc1/C=C/C(=O)O[C@@H](C)C(=O)NC1CCCCCC1. The van der Waals surface area contributed by atoms with Gasteiger partial charge in [-0.25, -0.2) is 4.79 Å². The van der Waals surface area contributed by atoms with Crippen molar-refractivity contribution in [3.63, 3.8) is 0 Å². The Hall–Kier alpha value is -2.30. The molecule has 0 heterocycles. The zero-order valence-electron chi connectivity index (χ0n) is 15.7. The molecule has 0 unspecified atom stereocenters. The van der Waals surface area contributed by atoms with Crippen molar-refractivity contribution < 1.29 is 19.1 Å². The Labute approximate surface area is 155 Å². The third kappa shape index (κ3) is 6.54. The highest BCUT2D eigenvalue weighted by Crippen LogP contribution is 2.19. The quantitative estimate of drug-likeness (QED) is 0.456. The van der Waals surface area contributed by atoms with Crippen LogP contribution >= 0.6 is 0 Å². The molecule has 0 bridgehead atoms. The Bertz CT molecular complexity index is 618. The lowest BCUT2D eigenvalue weighted by Crippen LogP contribution is -2.41. The molecule has 1 saturated carbocycles. The minimum Gasteiger partial charge on any atom is -0.493 e. The Morgan fingerprint density at radius 1 is 1.19 bits per heavy atom. The minimum absolute atomic E-state index is 0.194. The monoisotopic (exact) mass is 359 g/mol. The summed E-state index contributed by atoms with van der Waals surface area (Å²) >= 11 is 0. The fourth-order valence-corrected chi connectivity index (χ4v) is 3.07. The first kappa shape index (κ1) is 20.0. The van der Waals surface area contributed by atoms with Crippen molar-refractivity contribution in [3.8, 4) is 5.75 Å². The highest BCUT2D eigenvalue weighted by atomic mass is 16.5. The number of nitrogens with one attached hydrogen (secondary N) is 1.